The van der Waals surface area contributed by atoms with Crippen molar-refractivity contribution in [1.82, 2.24) is 0 Å². The van der Waals surface area contributed by atoms with Gasteiger partial charge in [-0.05, 0) is 73.5 Å². The van der Waals surface area contributed by atoms with E-state index in [9.17, 15) is 21.6 Å². The molecule has 0 aromatic heterocycles. The lowest BCUT2D eigenvalue weighted by atomic mass is 10.1. The molecule has 0 bridgehead atoms. The van der Waals surface area contributed by atoms with Crippen LogP contribution in [0.3, 0.4) is 0 Å². The number of carbonyl (C=O) groups excluding carboxylic acids is 1. The Bertz CT molecular complexity index is 1780. The SMILES string of the molecule is CCc1ccccc1N(CC(=O)Nc1ccc(S(=O)(=O)Nc2cccc(Cl)c2Cl)cc1)S(=O)(=O)c1ccc(C)cc1. The van der Waals surface area contributed by atoms with Gasteiger partial charge in [0.15, 0.2) is 0 Å². The molecule has 1 amide bonds. The molecule has 4 aromatic carbocycles. The number of halogens is 2. The standard InChI is InChI=1S/C29H27Cl2N3O5S2/c1-3-21-7-4-5-10-27(21)34(41(38,39)24-15-11-20(2)12-16-24)19-28(35)32-22-13-17-23(18-14-22)40(36,37)33-26-9-6-8-25(30)29(26)31/h4-18,33H,3,19H2,1-2H3,(H,32,35). The average Bonchev–Trinajstić information content (AvgIpc) is 2.94. The van der Waals surface area contributed by atoms with Gasteiger partial charge in [-0.1, -0.05) is 72.1 Å². The molecule has 0 heterocycles. The fourth-order valence-corrected chi connectivity index (χ4v) is 6.96. The van der Waals surface area contributed by atoms with E-state index in [1.54, 1.807) is 30.3 Å². The third-order valence-electron chi connectivity index (χ3n) is 6.18. The molecule has 12 heteroatoms. The van der Waals surface area contributed by atoms with E-state index in [2.05, 4.69) is 10.0 Å². The third kappa shape index (κ3) is 7.02. The lowest BCUT2D eigenvalue weighted by Crippen LogP contribution is -2.38. The molecule has 2 N–H and O–H groups in total. The van der Waals surface area contributed by atoms with Crippen LogP contribution in [0, 0.1) is 6.92 Å². The van der Waals surface area contributed by atoms with Crippen molar-refractivity contribution in [2.24, 2.45) is 0 Å². The van der Waals surface area contributed by atoms with Crippen LogP contribution < -0.4 is 14.3 Å². The summed E-state index contributed by atoms with van der Waals surface area (Å²) in [6.45, 7) is 3.26. The number of nitrogens with zero attached hydrogens (tertiary/aromatic N) is 1. The number of benzene rings is 4. The zero-order chi connectivity index (χ0) is 29.8. The number of carbonyl (C=O) groups is 1. The first-order valence-electron chi connectivity index (χ1n) is 12.5. The second kappa shape index (κ2) is 12.5. The summed E-state index contributed by atoms with van der Waals surface area (Å²) in [7, 11) is -8.10. The van der Waals surface area contributed by atoms with Crippen LogP contribution in [0.25, 0.3) is 0 Å². The first kappa shape index (κ1) is 30.4. The molecule has 0 aliphatic heterocycles. The Morgan fingerprint density at radius 1 is 0.805 bits per heavy atom. The van der Waals surface area contributed by atoms with E-state index in [0.717, 1.165) is 15.4 Å². The summed E-state index contributed by atoms with van der Waals surface area (Å²) in [4.78, 5) is 13.1. The molecule has 0 unspecified atom stereocenters. The summed E-state index contributed by atoms with van der Waals surface area (Å²) in [5.41, 5.74) is 2.47. The summed E-state index contributed by atoms with van der Waals surface area (Å²) >= 11 is 12.1. The molecular weight excluding hydrogens is 605 g/mol. The van der Waals surface area contributed by atoms with Gasteiger partial charge < -0.3 is 5.32 Å². The predicted molar refractivity (Wildman–Crippen MR) is 164 cm³/mol. The number of para-hydroxylation sites is 1. The zero-order valence-corrected chi connectivity index (χ0v) is 25.3. The molecule has 0 radical (unpaired) electrons. The maximum Gasteiger partial charge on any atom is 0.264 e. The van der Waals surface area contributed by atoms with Crippen molar-refractivity contribution >= 4 is 66.2 Å². The van der Waals surface area contributed by atoms with Gasteiger partial charge in [0.2, 0.25) is 5.91 Å². The van der Waals surface area contributed by atoms with Crippen LogP contribution in [0.2, 0.25) is 10.0 Å². The van der Waals surface area contributed by atoms with Crippen molar-refractivity contribution in [3.05, 3.63) is 112 Å². The molecule has 0 saturated carbocycles. The highest BCUT2D eigenvalue weighted by Crippen LogP contribution is 2.31. The van der Waals surface area contributed by atoms with Gasteiger partial charge in [0.05, 0.1) is 31.2 Å². The summed E-state index contributed by atoms with van der Waals surface area (Å²) in [5.74, 6) is -0.606. The van der Waals surface area contributed by atoms with Gasteiger partial charge in [-0.3, -0.25) is 13.8 Å². The van der Waals surface area contributed by atoms with Crippen molar-refractivity contribution in [3.8, 4) is 0 Å². The molecule has 0 aliphatic carbocycles. The fraction of sp³-hybridized carbons (Fsp3) is 0.138. The van der Waals surface area contributed by atoms with Gasteiger partial charge >= 0.3 is 0 Å². The van der Waals surface area contributed by atoms with E-state index in [0.29, 0.717) is 12.1 Å². The molecule has 0 aliphatic rings. The molecule has 0 fully saturated rings. The van der Waals surface area contributed by atoms with Crippen molar-refractivity contribution in [2.45, 2.75) is 30.1 Å². The van der Waals surface area contributed by atoms with E-state index in [1.165, 1.54) is 48.5 Å². The monoisotopic (exact) mass is 631 g/mol. The number of anilines is 3. The van der Waals surface area contributed by atoms with Crippen molar-refractivity contribution in [1.29, 1.82) is 0 Å². The summed E-state index contributed by atoms with van der Waals surface area (Å²) in [5, 5.41) is 2.92. The second-order valence-electron chi connectivity index (χ2n) is 9.09. The first-order chi connectivity index (χ1) is 19.4. The minimum absolute atomic E-state index is 0.0590. The number of nitrogens with one attached hydrogen (secondary N) is 2. The number of aryl methyl sites for hydroxylation is 2. The Morgan fingerprint density at radius 3 is 2.10 bits per heavy atom. The zero-order valence-electron chi connectivity index (χ0n) is 22.1. The number of amides is 1. The summed E-state index contributed by atoms with van der Waals surface area (Å²) in [6.07, 6.45) is 0.558. The van der Waals surface area contributed by atoms with Crippen molar-refractivity contribution in [2.75, 3.05) is 20.9 Å². The van der Waals surface area contributed by atoms with Gasteiger partial charge in [-0.15, -0.1) is 0 Å². The first-order valence-corrected chi connectivity index (χ1v) is 16.1. The molecule has 0 spiro atoms. The van der Waals surface area contributed by atoms with Crippen LogP contribution in [0.4, 0.5) is 17.1 Å². The van der Waals surface area contributed by atoms with Crippen molar-refractivity contribution < 1.29 is 21.6 Å². The quantitative estimate of drug-likeness (QED) is 0.207. The number of sulfonamides is 2. The van der Waals surface area contributed by atoms with Crippen LogP contribution in [-0.4, -0.2) is 29.3 Å². The minimum atomic E-state index is -4.09. The lowest BCUT2D eigenvalue weighted by molar-refractivity contribution is -0.114. The topological polar surface area (TPSA) is 113 Å². The molecule has 0 saturated heterocycles. The van der Waals surface area contributed by atoms with Crippen LogP contribution in [-0.2, 0) is 31.3 Å². The lowest BCUT2D eigenvalue weighted by Gasteiger charge is -2.26. The van der Waals surface area contributed by atoms with Crippen molar-refractivity contribution in [3.63, 3.8) is 0 Å². The third-order valence-corrected chi connectivity index (χ3v) is 10.2. The molecule has 4 rings (SSSR count). The molecule has 214 valence electrons. The number of hydrogen-bond donors (Lipinski definition) is 2. The number of rotatable bonds is 10. The van der Waals surface area contributed by atoms with Gasteiger partial charge in [-0.25, -0.2) is 16.8 Å². The Hall–Kier alpha value is -3.57. The average molecular weight is 633 g/mol. The maximum absolute atomic E-state index is 13.7. The molecule has 41 heavy (non-hydrogen) atoms. The summed E-state index contributed by atoms with van der Waals surface area (Å²) in [6, 6.07) is 23.4. The molecule has 8 nitrogen and oxygen atoms in total. The smallest absolute Gasteiger partial charge is 0.264 e. The van der Waals surface area contributed by atoms with E-state index in [4.69, 9.17) is 23.2 Å². The van der Waals surface area contributed by atoms with E-state index < -0.39 is 32.5 Å². The van der Waals surface area contributed by atoms with Crippen LogP contribution >= 0.6 is 23.2 Å². The number of hydrogen-bond acceptors (Lipinski definition) is 5. The van der Waals surface area contributed by atoms with E-state index >= 15 is 0 Å². The van der Waals surface area contributed by atoms with Gasteiger partial charge in [0.25, 0.3) is 20.0 Å². The Balaban J connectivity index is 1.56. The highest BCUT2D eigenvalue weighted by Gasteiger charge is 2.28. The van der Waals surface area contributed by atoms with Gasteiger partial charge in [0, 0.05) is 5.69 Å². The highest BCUT2D eigenvalue weighted by atomic mass is 35.5. The van der Waals surface area contributed by atoms with Crippen LogP contribution in [0.15, 0.2) is 101 Å². The van der Waals surface area contributed by atoms with E-state index in [-0.39, 0.29) is 31.2 Å². The molecule has 0 atom stereocenters. The van der Waals surface area contributed by atoms with Crippen LogP contribution in [0.1, 0.15) is 18.1 Å². The summed E-state index contributed by atoms with van der Waals surface area (Å²) < 4.78 is 56.6. The van der Waals surface area contributed by atoms with Crippen LogP contribution in [0.5, 0.6) is 0 Å². The Morgan fingerprint density at radius 2 is 1.44 bits per heavy atom. The normalized spacial score (nSPS) is 11.6. The Kier molecular flexibility index (Phi) is 9.28. The minimum Gasteiger partial charge on any atom is -0.325 e. The van der Waals surface area contributed by atoms with Gasteiger partial charge in [-0.2, -0.15) is 0 Å². The van der Waals surface area contributed by atoms with E-state index in [1.807, 2.05) is 26.0 Å². The largest absolute Gasteiger partial charge is 0.325 e. The molecule has 4 aromatic rings. The highest BCUT2D eigenvalue weighted by molar-refractivity contribution is 7.93. The molecular formula is C29H27Cl2N3O5S2. The van der Waals surface area contributed by atoms with Gasteiger partial charge in [0.1, 0.15) is 6.54 Å². The second-order valence-corrected chi connectivity index (χ2v) is 13.4. The fourth-order valence-electron chi connectivity index (χ4n) is 4.02. The Labute approximate surface area is 250 Å². The predicted octanol–water partition coefficient (Wildman–Crippen LogP) is 6.50. The maximum atomic E-state index is 13.7.